The van der Waals surface area contributed by atoms with Crippen molar-refractivity contribution in [2.24, 2.45) is 0 Å². The summed E-state index contributed by atoms with van der Waals surface area (Å²) in [5.74, 6) is 0.294. The first kappa shape index (κ1) is 17.9. The van der Waals surface area contributed by atoms with E-state index in [0.717, 1.165) is 25.7 Å². The average molecular weight is 339 g/mol. The van der Waals surface area contributed by atoms with Crippen molar-refractivity contribution < 1.29 is 18.7 Å². The van der Waals surface area contributed by atoms with Gasteiger partial charge in [-0.25, -0.2) is 4.79 Å². The lowest BCUT2D eigenvalue weighted by molar-refractivity contribution is -0.152. The number of unbranched alkanes of at least 4 members (excludes halogenated alkanes) is 2. The molecule has 1 aromatic rings. The molecule has 1 aliphatic rings. The number of furan rings is 1. The molecule has 2 atom stereocenters. The highest BCUT2D eigenvalue weighted by Gasteiger charge is 2.43. The number of esters is 1. The lowest BCUT2D eigenvalue weighted by Crippen LogP contribution is -2.46. The SMILES string of the molecule is CCCCCC1SCC(C(=O)OC(C)C)N1C(=O)c1ccco1. The molecule has 0 bridgehead atoms. The minimum atomic E-state index is -0.536. The fourth-order valence-corrected chi connectivity index (χ4v) is 4.08. The van der Waals surface area contributed by atoms with E-state index in [-0.39, 0.29) is 29.1 Å². The molecule has 2 heterocycles. The van der Waals surface area contributed by atoms with Crippen molar-refractivity contribution in [1.29, 1.82) is 0 Å². The number of carbonyl (C=O) groups is 2. The van der Waals surface area contributed by atoms with Crippen molar-refractivity contribution >= 4 is 23.6 Å². The number of hydrogen-bond acceptors (Lipinski definition) is 5. The van der Waals surface area contributed by atoms with Gasteiger partial charge in [-0.2, -0.15) is 0 Å². The van der Waals surface area contributed by atoms with Crippen molar-refractivity contribution in [1.82, 2.24) is 4.90 Å². The van der Waals surface area contributed by atoms with E-state index in [2.05, 4.69) is 6.92 Å². The molecule has 5 nitrogen and oxygen atoms in total. The Labute approximate surface area is 141 Å². The number of amides is 1. The van der Waals surface area contributed by atoms with E-state index in [1.807, 2.05) is 13.8 Å². The number of rotatable bonds is 7. The van der Waals surface area contributed by atoms with E-state index in [0.29, 0.717) is 5.75 Å². The number of hydrogen-bond donors (Lipinski definition) is 0. The fourth-order valence-electron chi connectivity index (χ4n) is 2.65. The Balaban J connectivity index is 2.14. The van der Waals surface area contributed by atoms with Gasteiger partial charge in [0.2, 0.25) is 0 Å². The Hall–Kier alpha value is -1.43. The first-order chi connectivity index (χ1) is 11.0. The van der Waals surface area contributed by atoms with Gasteiger partial charge in [0.1, 0.15) is 6.04 Å². The van der Waals surface area contributed by atoms with Gasteiger partial charge >= 0.3 is 5.97 Å². The summed E-state index contributed by atoms with van der Waals surface area (Å²) in [6, 6.07) is 2.79. The summed E-state index contributed by atoms with van der Waals surface area (Å²) in [7, 11) is 0. The van der Waals surface area contributed by atoms with Gasteiger partial charge in [0, 0.05) is 5.75 Å². The van der Waals surface area contributed by atoms with Crippen LogP contribution in [0.2, 0.25) is 0 Å². The lowest BCUT2D eigenvalue weighted by Gasteiger charge is -2.28. The largest absolute Gasteiger partial charge is 0.461 e. The standard InChI is InChI=1S/C17H25NO4S/c1-4-5-6-9-15-18(16(19)14-8-7-10-21-14)13(11-23-15)17(20)22-12(2)3/h7-8,10,12-13,15H,4-6,9,11H2,1-3H3. The molecule has 0 aromatic carbocycles. The van der Waals surface area contributed by atoms with E-state index in [1.165, 1.54) is 6.26 Å². The molecule has 6 heteroatoms. The van der Waals surface area contributed by atoms with Crippen LogP contribution in [0, 0.1) is 0 Å². The Kier molecular flexibility index (Phi) is 6.57. The van der Waals surface area contributed by atoms with Crippen LogP contribution in [-0.4, -0.2) is 40.0 Å². The molecule has 2 rings (SSSR count). The fraction of sp³-hybridized carbons (Fsp3) is 0.647. The van der Waals surface area contributed by atoms with E-state index in [4.69, 9.17) is 9.15 Å². The quantitative estimate of drug-likeness (QED) is 0.560. The van der Waals surface area contributed by atoms with Crippen molar-refractivity contribution in [3.63, 3.8) is 0 Å². The number of ether oxygens (including phenoxy) is 1. The smallest absolute Gasteiger partial charge is 0.330 e. The van der Waals surface area contributed by atoms with Gasteiger partial charge in [-0.1, -0.05) is 26.2 Å². The Morgan fingerprint density at radius 2 is 2.22 bits per heavy atom. The number of nitrogens with zero attached hydrogens (tertiary/aromatic N) is 1. The zero-order valence-electron chi connectivity index (χ0n) is 14.0. The summed E-state index contributed by atoms with van der Waals surface area (Å²) < 4.78 is 10.6. The van der Waals surface area contributed by atoms with Gasteiger partial charge in [0.05, 0.1) is 17.7 Å². The van der Waals surface area contributed by atoms with Crippen LogP contribution in [0.15, 0.2) is 22.8 Å². The summed E-state index contributed by atoms with van der Waals surface area (Å²) >= 11 is 1.65. The molecule has 1 amide bonds. The minimum Gasteiger partial charge on any atom is -0.461 e. The highest BCUT2D eigenvalue weighted by atomic mass is 32.2. The van der Waals surface area contributed by atoms with Gasteiger partial charge < -0.3 is 14.1 Å². The van der Waals surface area contributed by atoms with Crippen LogP contribution in [0.1, 0.15) is 57.0 Å². The van der Waals surface area contributed by atoms with Crippen LogP contribution in [0.4, 0.5) is 0 Å². The molecule has 23 heavy (non-hydrogen) atoms. The molecule has 0 saturated carbocycles. The Morgan fingerprint density at radius 3 is 2.83 bits per heavy atom. The van der Waals surface area contributed by atoms with Crippen molar-refractivity contribution in [3.8, 4) is 0 Å². The lowest BCUT2D eigenvalue weighted by atomic mass is 10.1. The molecule has 1 saturated heterocycles. The molecule has 1 fully saturated rings. The van der Waals surface area contributed by atoms with Crippen molar-refractivity contribution in [3.05, 3.63) is 24.2 Å². The van der Waals surface area contributed by atoms with Gasteiger partial charge in [-0.3, -0.25) is 4.79 Å². The molecule has 0 spiro atoms. The summed E-state index contributed by atoms with van der Waals surface area (Å²) in [5.41, 5.74) is 0. The third-order valence-electron chi connectivity index (χ3n) is 3.74. The van der Waals surface area contributed by atoms with E-state index < -0.39 is 6.04 Å². The molecule has 0 aliphatic carbocycles. The predicted octanol–water partition coefficient (Wildman–Crippen LogP) is 3.70. The maximum absolute atomic E-state index is 12.8. The topological polar surface area (TPSA) is 59.8 Å². The van der Waals surface area contributed by atoms with Crippen LogP contribution >= 0.6 is 11.8 Å². The average Bonchev–Trinajstić information content (AvgIpc) is 3.16. The maximum atomic E-state index is 12.8. The maximum Gasteiger partial charge on any atom is 0.330 e. The third-order valence-corrected chi connectivity index (χ3v) is 5.09. The zero-order valence-corrected chi connectivity index (χ0v) is 14.8. The molecular weight excluding hydrogens is 314 g/mol. The van der Waals surface area contributed by atoms with Crippen LogP contribution < -0.4 is 0 Å². The number of thioether (sulfide) groups is 1. The summed E-state index contributed by atoms with van der Waals surface area (Å²) in [5, 5.41) is 0.00358. The van der Waals surface area contributed by atoms with E-state index in [1.54, 1.807) is 28.8 Å². The van der Waals surface area contributed by atoms with Gasteiger partial charge in [-0.15, -0.1) is 11.8 Å². The van der Waals surface area contributed by atoms with Crippen LogP contribution in [0.3, 0.4) is 0 Å². The summed E-state index contributed by atoms with van der Waals surface area (Å²) in [6.07, 6.45) is 5.47. The normalized spacial score (nSPS) is 21.0. The summed E-state index contributed by atoms with van der Waals surface area (Å²) in [6.45, 7) is 5.78. The summed E-state index contributed by atoms with van der Waals surface area (Å²) in [4.78, 5) is 26.8. The molecule has 2 unspecified atom stereocenters. The molecule has 128 valence electrons. The van der Waals surface area contributed by atoms with Crippen molar-refractivity contribution in [2.45, 2.75) is 64.0 Å². The highest BCUT2D eigenvalue weighted by Crippen LogP contribution is 2.34. The Bertz CT molecular complexity index is 515. The predicted molar refractivity (Wildman–Crippen MR) is 90.3 cm³/mol. The Morgan fingerprint density at radius 1 is 1.43 bits per heavy atom. The monoisotopic (exact) mass is 339 g/mol. The van der Waals surface area contributed by atoms with Crippen LogP contribution in [-0.2, 0) is 9.53 Å². The second-order valence-electron chi connectivity index (χ2n) is 5.97. The first-order valence-corrected chi connectivity index (χ1v) is 9.27. The van der Waals surface area contributed by atoms with Crippen LogP contribution in [0.5, 0.6) is 0 Å². The molecular formula is C17H25NO4S. The van der Waals surface area contributed by atoms with Crippen molar-refractivity contribution in [2.75, 3.05) is 5.75 Å². The van der Waals surface area contributed by atoms with Crippen LogP contribution in [0.25, 0.3) is 0 Å². The first-order valence-electron chi connectivity index (χ1n) is 8.22. The van der Waals surface area contributed by atoms with Gasteiger partial charge in [0.15, 0.2) is 5.76 Å². The number of carbonyl (C=O) groups excluding carboxylic acids is 2. The van der Waals surface area contributed by atoms with E-state index >= 15 is 0 Å². The zero-order chi connectivity index (χ0) is 16.8. The molecule has 1 aliphatic heterocycles. The molecule has 0 N–H and O–H groups in total. The minimum absolute atomic E-state index is 0.00358. The molecule has 0 radical (unpaired) electrons. The van der Waals surface area contributed by atoms with Gasteiger partial charge in [0.25, 0.3) is 5.91 Å². The van der Waals surface area contributed by atoms with Gasteiger partial charge in [-0.05, 0) is 32.4 Å². The third kappa shape index (κ3) is 4.53. The highest BCUT2D eigenvalue weighted by molar-refractivity contribution is 8.00. The second kappa shape index (κ2) is 8.43. The molecule has 1 aromatic heterocycles. The van der Waals surface area contributed by atoms with E-state index in [9.17, 15) is 9.59 Å². The second-order valence-corrected chi connectivity index (χ2v) is 7.19.